The van der Waals surface area contributed by atoms with E-state index < -0.39 is 20.6 Å². The molecule has 12 nitrogen and oxygen atoms in total. The second-order valence-electron chi connectivity index (χ2n) is 11.4. The number of ether oxygens (including phenoxy) is 3. The van der Waals surface area contributed by atoms with E-state index in [1.165, 1.54) is 0 Å². The van der Waals surface area contributed by atoms with E-state index in [1.54, 1.807) is 29.2 Å². The van der Waals surface area contributed by atoms with Gasteiger partial charge in [0.1, 0.15) is 18.3 Å². The highest BCUT2D eigenvalue weighted by Gasteiger charge is 2.51. The van der Waals surface area contributed by atoms with Gasteiger partial charge in [-0.1, -0.05) is 20.8 Å². The van der Waals surface area contributed by atoms with Crippen molar-refractivity contribution >= 4 is 31.8 Å². The molecule has 2 aromatic heterocycles. The molecule has 2 aromatic rings. The van der Waals surface area contributed by atoms with Crippen LogP contribution in [-0.4, -0.2) is 116 Å². The zero-order chi connectivity index (χ0) is 27.0. The smallest absolute Gasteiger partial charge is 0.280 e. The number of rotatable bonds is 8. The fourth-order valence-corrected chi connectivity index (χ4v) is 5.68. The normalized spacial score (nSPS) is 25.9. The van der Waals surface area contributed by atoms with E-state index in [0.29, 0.717) is 25.4 Å². The van der Waals surface area contributed by atoms with Gasteiger partial charge in [0.2, 0.25) is 5.95 Å². The lowest BCUT2D eigenvalue weighted by Gasteiger charge is -2.41. The van der Waals surface area contributed by atoms with E-state index in [2.05, 4.69) is 58.7 Å². The molecule has 0 aromatic carbocycles. The van der Waals surface area contributed by atoms with Crippen molar-refractivity contribution in [1.29, 1.82) is 0 Å². The third-order valence-corrected chi connectivity index (χ3v) is 11.9. The number of nitrogens with zero attached hydrogens (tertiary/aromatic N) is 6. The first-order chi connectivity index (χ1) is 17.4. The molecule has 37 heavy (non-hydrogen) atoms. The molecule has 0 bridgehead atoms. The molecule has 1 unspecified atom stereocenters. The summed E-state index contributed by atoms with van der Waals surface area (Å²) < 4.78 is 27.0. The van der Waals surface area contributed by atoms with Crippen LogP contribution in [0.4, 0.5) is 5.95 Å². The fraction of sp³-hybridized carbons (Fsp3) is 0.750. The highest BCUT2D eigenvalue weighted by atomic mass is 28.4. The molecule has 2 aliphatic heterocycles. The largest absolute Gasteiger partial charge is 0.408 e. The summed E-state index contributed by atoms with van der Waals surface area (Å²) in [5, 5.41) is 0.0167. The third kappa shape index (κ3) is 5.96. The number of morpholine rings is 1. The van der Waals surface area contributed by atoms with Crippen molar-refractivity contribution in [2.24, 2.45) is 4.99 Å². The van der Waals surface area contributed by atoms with Crippen molar-refractivity contribution in [1.82, 2.24) is 29.3 Å². The second-order valence-corrected chi connectivity index (χ2v) is 16.2. The minimum atomic E-state index is -2.17. The summed E-state index contributed by atoms with van der Waals surface area (Å²) in [6.07, 6.45) is 1.63. The lowest BCUT2D eigenvalue weighted by atomic mass is 10.1. The molecule has 0 saturated carbocycles. The first-order valence-electron chi connectivity index (χ1n) is 12.7. The summed E-state index contributed by atoms with van der Waals surface area (Å²) >= 11 is 0. The van der Waals surface area contributed by atoms with Gasteiger partial charge in [-0.2, -0.15) is 4.98 Å². The second kappa shape index (κ2) is 10.9. The standard InChI is InChI=1S/C24H41N7O5Si/c1-24(2,3)37(7,8)36-18-16(13-30-9-11-34-12-10-30)35-22(19(18)33-6)31-15-25-17-20(31)27-23(28-21(17)32)26-14-29(4)5/h14-16,18-19,22H,9-13H2,1-8H3,(H,27,28,32)/b26-14+/t16-,18?,19+,22-/m1/s1. The fourth-order valence-electron chi connectivity index (χ4n) is 4.36. The number of aromatic nitrogens is 4. The highest BCUT2D eigenvalue weighted by Crippen LogP contribution is 2.42. The number of aromatic amines is 1. The minimum Gasteiger partial charge on any atom is -0.408 e. The molecule has 206 valence electrons. The van der Waals surface area contributed by atoms with Crippen LogP contribution < -0.4 is 5.56 Å². The molecule has 2 fully saturated rings. The maximum absolute atomic E-state index is 12.7. The zero-order valence-electron chi connectivity index (χ0n) is 23.2. The van der Waals surface area contributed by atoms with Gasteiger partial charge < -0.3 is 23.5 Å². The summed E-state index contributed by atoms with van der Waals surface area (Å²) in [6, 6.07) is 0. The van der Waals surface area contributed by atoms with E-state index in [4.69, 9.17) is 18.6 Å². The lowest BCUT2D eigenvalue weighted by Crippen LogP contribution is -2.52. The number of H-pyrrole nitrogens is 1. The van der Waals surface area contributed by atoms with Gasteiger partial charge in [-0.15, -0.1) is 0 Å². The molecule has 2 aliphatic rings. The van der Waals surface area contributed by atoms with Crippen molar-refractivity contribution in [3.63, 3.8) is 0 Å². The number of hydrogen-bond donors (Lipinski definition) is 1. The van der Waals surface area contributed by atoms with E-state index in [0.717, 1.165) is 13.1 Å². The van der Waals surface area contributed by atoms with Crippen molar-refractivity contribution in [3.8, 4) is 0 Å². The molecule has 2 saturated heterocycles. The monoisotopic (exact) mass is 535 g/mol. The molecule has 13 heteroatoms. The average molecular weight is 536 g/mol. The topological polar surface area (TPSA) is 119 Å². The number of hydrogen-bond acceptors (Lipinski definition) is 9. The van der Waals surface area contributed by atoms with Crippen LogP contribution in [0.5, 0.6) is 0 Å². The van der Waals surface area contributed by atoms with Crippen LogP contribution in [0.3, 0.4) is 0 Å². The Labute approximate surface area is 219 Å². The van der Waals surface area contributed by atoms with Crippen molar-refractivity contribution in [3.05, 3.63) is 16.7 Å². The van der Waals surface area contributed by atoms with Crippen LogP contribution in [0.2, 0.25) is 18.1 Å². The van der Waals surface area contributed by atoms with Gasteiger partial charge in [0.05, 0.1) is 25.9 Å². The average Bonchev–Trinajstić information content (AvgIpc) is 3.39. The summed E-state index contributed by atoms with van der Waals surface area (Å²) in [7, 11) is 3.20. The Morgan fingerprint density at radius 1 is 1.27 bits per heavy atom. The van der Waals surface area contributed by atoms with Gasteiger partial charge in [-0.05, 0) is 18.1 Å². The Kier molecular flexibility index (Phi) is 8.21. The summed E-state index contributed by atoms with van der Waals surface area (Å²) in [4.78, 5) is 32.7. The molecule has 0 amide bonds. The molecule has 4 heterocycles. The van der Waals surface area contributed by atoms with Crippen LogP contribution in [-0.2, 0) is 18.6 Å². The SMILES string of the molecule is CO[C@H]1C(O[Si](C)(C)C(C)(C)C)[C@@H](CN2CCOCC2)O[C@H]1n1cnc2c(=O)[nH]c(/N=C/N(C)C)nc21. The van der Waals surface area contributed by atoms with Gasteiger partial charge in [0, 0.05) is 40.8 Å². The van der Waals surface area contributed by atoms with Crippen LogP contribution in [0, 0.1) is 0 Å². The van der Waals surface area contributed by atoms with Crippen molar-refractivity contribution in [2.45, 2.75) is 63.4 Å². The maximum Gasteiger partial charge on any atom is 0.280 e. The van der Waals surface area contributed by atoms with Crippen molar-refractivity contribution < 1.29 is 18.6 Å². The Balaban J connectivity index is 1.72. The number of fused-ring (bicyclic) bond motifs is 1. The van der Waals surface area contributed by atoms with Crippen LogP contribution in [0.15, 0.2) is 16.1 Å². The van der Waals surface area contributed by atoms with E-state index in [9.17, 15) is 4.79 Å². The molecule has 0 spiro atoms. The molecule has 4 atom stereocenters. The summed E-state index contributed by atoms with van der Waals surface area (Å²) in [5.74, 6) is 0.193. The molecular weight excluding hydrogens is 494 g/mol. The van der Waals surface area contributed by atoms with Crippen molar-refractivity contribution in [2.75, 3.05) is 54.1 Å². The first-order valence-corrected chi connectivity index (χ1v) is 15.7. The molecule has 0 radical (unpaired) electrons. The zero-order valence-corrected chi connectivity index (χ0v) is 24.2. The number of methoxy groups -OCH3 is 1. The van der Waals surface area contributed by atoms with Gasteiger partial charge in [-0.3, -0.25) is 19.2 Å². The van der Waals surface area contributed by atoms with E-state index in [1.807, 2.05) is 14.1 Å². The molecule has 4 rings (SSSR count). The van der Waals surface area contributed by atoms with Crippen LogP contribution in [0.25, 0.3) is 11.2 Å². The molecular formula is C24H41N7O5Si. The van der Waals surface area contributed by atoms with Crippen LogP contribution >= 0.6 is 0 Å². The Morgan fingerprint density at radius 2 is 1.97 bits per heavy atom. The maximum atomic E-state index is 12.7. The quantitative estimate of drug-likeness (QED) is 0.307. The number of aliphatic imine (C=N–C) groups is 1. The van der Waals surface area contributed by atoms with Gasteiger partial charge in [0.25, 0.3) is 5.56 Å². The predicted octanol–water partition coefficient (Wildman–Crippen LogP) is 1.98. The van der Waals surface area contributed by atoms with Gasteiger partial charge in [0.15, 0.2) is 25.7 Å². The highest BCUT2D eigenvalue weighted by molar-refractivity contribution is 6.74. The lowest BCUT2D eigenvalue weighted by molar-refractivity contribution is -0.0603. The van der Waals surface area contributed by atoms with Gasteiger partial charge >= 0.3 is 0 Å². The Bertz CT molecular complexity index is 1150. The first kappa shape index (κ1) is 27.9. The number of nitrogens with one attached hydrogen (secondary N) is 1. The molecule has 0 aliphatic carbocycles. The Hall–Kier alpha value is -2.16. The molecule has 1 N–H and O–H groups in total. The van der Waals surface area contributed by atoms with E-state index >= 15 is 0 Å². The van der Waals surface area contributed by atoms with E-state index in [-0.39, 0.29) is 34.3 Å². The van der Waals surface area contributed by atoms with Crippen LogP contribution in [0.1, 0.15) is 27.0 Å². The minimum absolute atomic E-state index is 0.0167. The summed E-state index contributed by atoms with van der Waals surface area (Å²) in [6.45, 7) is 14.9. The third-order valence-electron chi connectivity index (χ3n) is 7.44. The number of imidazole rings is 1. The Morgan fingerprint density at radius 3 is 2.59 bits per heavy atom. The summed E-state index contributed by atoms with van der Waals surface area (Å²) in [5.41, 5.74) is 0.251. The predicted molar refractivity (Wildman–Crippen MR) is 144 cm³/mol. The van der Waals surface area contributed by atoms with Gasteiger partial charge in [-0.25, -0.2) is 9.98 Å².